The summed E-state index contributed by atoms with van der Waals surface area (Å²) in [6.45, 7) is 5.37. The Hall–Kier alpha value is -2.41. The van der Waals surface area contributed by atoms with Crippen molar-refractivity contribution in [1.29, 1.82) is 0 Å². The van der Waals surface area contributed by atoms with E-state index in [4.69, 9.17) is 0 Å². The van der Waals surface area contributed by atoms with Gasteiger partial charge in [0, 0.05) is 31.1 Å². The summed E-state index contributed by atoms with van der Waals surface area (Å²) in [5.74, 6) is 0.636. The minimum atomic E-state index is -0.0824. The van der Waals surface area contributed by atoms with Gasteiger partial charge in [-0.15, -0.1) is 11.3 Å². The first-order valence-corrected chi connectivity index (χ1v) is 8.53. The Labute approximate surface area is 146 Å². The third-order valence-corrected chi connectivity index (χ3v) is 4.68. The number of aliphatic imine (C=N–C) groups is 1. The molecule has 7 heteroatoms. The van der Waals surface area contributed by atoms with Crippen molar-refractivity contribution in [3.05, 3.63) is 51.0 Å². The summed E-state index contributed by atoms with van der Waals surface area (Å²) in [7, 11) is 3.36. The molecule has 0 saturated heterocycles. The molecule has 1 aromatic heterocycles. The maximum atomic E-state index is 11.5. The van der Waals surface area contributed by atoms with Crippen LogP contribution in [0, 0.1) is 13.8 Å². The molecule has 1 aromatic carbocycles. The molecule has 0 aliphatic heterocycles. The van der Waals surface area contributed by atoms with Gasteiger partial charge in [-0.3, -0.25) is 9.79 Å². The SMILES string of the molecule is CN=C(NCc1ccc(C(=O)NC)cc1)NCc1nc(C)c(C)s1. The third-order valence-electron chi connectivity index (χ3n) is 3.61. The smallest absolute Gasteiger partial charge is 0.251 e. The molecule has 24 heavy (non-hydrogen) atoms. The molecule has 0 unspecified atom stereocenters. The number of rotatable bonds is 5. The van der Waals surface area contributed by atoms with E-state index in [0.717, 1.165) is 22.2 Å². The summed E-state index contributed by atoms with van der Waals surface area (Å²) in [5.41, 5.74) is 2.81. The van der Waals surface area contributed by atoms with E-state index in [1.165, 1.54) is 4.88 Å². The van der Waals surface area contributed by atoms with Crippen molar-refractivity contribution < 1.29 is 4.79 Å². The number of nitrogens with one attached hydrogen (secondary N) is 3. The zero-order chi connectivity index (χ0) is 17.5. The standard InChI is InChI=1S/C17H23N5OS/c1-11-12(2)24-15(22-11)10-21-17(19-4)20-9-13-5-7-14(8-6-13)16(23)18-3/h5-8H,9-10H2,1-4H3,(H,18,23)(H2,19,20,21). The number of amides is 1. The van der Waals surface area contributed by atoms with Crippen LogP contribution in [0.5, 0.6) is 0 Å². The topological polar surface area (TPSA) is 78.4 Å². The molecule has 2 rings (SSSR count). The van der Waals surface area contributed by atoms with Gasteiger partial charge in [0.15, 0.2) is 5.96 Å². The fourth-order valence-corrected chi connectivity index (χ4v) is 2.97. The van der Waals surface area contributed by atoms with Crippen LogP contribution in [0.2, 0.25) is 0 Å². The first-order valence-electron chi connectivity index (χ1n) is 7.72. The second-order valence-electron chi connectivity index (χ2n) is 5.30. The lowest BCUT2D eigenvalue weighted by molar-refractivity contribution is 0.0963. The van der Waals surface area contributed by atoms with Crippen molar-refractivity contribution >= 4 is 23.2 Å². The zero-order valence-corrected chi connectivity index (χ0v) is 15.3. The van der Waals surface area contributed by atoms with E-state index in [1.807, 2.05) is 31.2 Å². The van der Waals surface area contributed by atoms with E-state index < -0.39 is 0 Å². The second-order valence-corrected chi connectivity index (χ2v) is 6.59. The van der Waals surface area contributed by atoms with Crippen molar-refractivity contribution in [3.63, 3.8) is 0 Å². The lowest BCUT2D eigenvalue weighted by Gasteiger charge is -2.11. The van der Waals surface area contributed by atoms with Crippen molar-refractivity contribution in [1.82, 2.24) is 20.9 Å². The Kier molecular flexibility index (Phi) is 6.31. The molecule has 3 N–H and O–H groups in total. The summed E-state index contributed by atoms with van der Waals surface area (Å²) >= 11 is 1.69. The largest absolute Gasteiger partial charge is 0.355 e. The molecule has 0 saturated carbocycles. The van der Waals surface area contributed by atoms with Crippen molar-refractivity contribution in [2.45, 2.75) is 26.9 Å². The molecule has 128 valence electrons. The highest BCUT2D eigenvalue weighted by atomic mass is 32.1. The van der Waals surface area contributed by atoms with Gasteiger partial charge in [-0.2, -0.15) is 0 Å². The van der Waals surface area contributed by atoms with Crippen molar-refractivity contribution in [3.8, 4) is 0 Å². The fourth-order valence-electron chi connectivity index (χ4n) is 2.10. The molecule has 0 atom stereocenters. The quantitative estimate of drug-likeness (QED) is 0.572. The Morgan fingerprint density at radius 3 is 2.38 bits per heavy atom. The summed E-state index contributed by atoms with van der Waals surface area (Å²) in [6.07, 6.45) is 0. The molecule has 0 spiro atoms. The van der Waals surface area contributed by atoms with Crippen LogP contribution in [0.1, 0.15) is 31.5 Å². The predicted molar refractivity (Wildman–Crippen MR) is 98.5 cm³/mol. The Morgan fingerprint density at radius 2 is 1.83 bits per heavy atom. The molecular weight excluding hydrogens is 322 g/mol. The molecular formula is C17H23N5OS. The minimum absolute atomic E-state index is 0.0824. The fraction of sp³-hybridized carbons (Fsp3) is 0.353. The van der Waals surface area contributed by atoms with Gasteiger partial charge < -0.3 is 16.0 Å². The summed E-state index contributed by atoms with van der Waals surface area (Å²) in [4.78, 5) is 21.5. The molecule has 0 bridgehead atoms. The van der Waals surface area contributed by atoms with Gasteiger partial charge in [0.1, 0.15) is 5.01 Å². The summed E-state index contributed by atoms with van der Waals surface area (Å²) < 4.78 is 0. The van der Waals surface area contributed by atoms with E-state index in [-0.39, 0.29) is 5.91 Å². The average Bonchev–Trinajstić information content (AvgIpc) is 2.93. The highest BCUT2D eigenvalue weighted by Crippen LogP contribution is 2.15. The summed E-state index contributed by atoms with van der Waals surface area (Å²) in [6, 6.07) is 7.48. The molecule has 6 nitrogen and oxygen atoms in total. The Morgan fingerprint density at radius 1 is 1.17 bits per heavy atom. The average molecular weight is 345 g/mol. The van der Waals surface area contributed by atoms with Crippen LogP contribution in [0.4, 0.5) is 0 Å². The van der Waals surface area contributed by atoms with Crippen LogP contribution in [0.25, 0.3) is 0 Å². The van der Waals surface area contributed by atoms with E-state index in [0.29, 0.717) is 18.7 Å². The third kappa shape index (κ3) is 4.79. The summed E-state index contributed by atoms with van der Waals surface area (Å²) in [5, 5.41) is 10.2. The Balaban J connectivity index is 1.86. The Bertz CT molecular complexity index is 702. The van der Waals surface area contributed by atoms with Crippen molar-refractivity contribution in [2.24, 2.45) is 4.99 Å². The van der Waals surface area contributed by atoms with Gasteiger partial charge in [-0.05, 0) is 31.5 Å². The van der Waals surface area contributed by atoms with E-state index >= 15 is 0 Å². The van der Waals surface area contributed by atoms with Crippen LogP contribution < -0.4 is 16.0 Å². The van der Waals surface area contributed by atoms with E-state index in [9.17, 15) is 4.79 Å². The minimum Gasteiger partial charge on any atom is -0.355 e. The number of carbonyl (C=O) groups excluding carboxylic acids is 1. The van der Waals surface area contributed by atoms with Crippen molar-refractivity contribution in [2.75, 3.05) is 14.1 Å². The highest BCUT2D eigenvalue weighted by Gasteiger charge is 2.06. The number of thiazole rings is 1. The van der Waals surface area contributed by atoms with Gasteiger partial charge >= 0.3 is 0 Å². The van der Waals surface area contributed by atoms with E-state index in [1.54, 1.807) is 25.4 Å². The van der Waals surface area contributed by atoms with E-state index in [2.05, 4.69) is 32.9 Å². The molecule has 0 aliphatic rings. The molecule has 2 aromatic rings. The van der Waals surface area contributed by atoms with Gasteiger partial charge in [0.2, 0.25) is 0 Å². The first kappa shape index (κ1) is 17.9. The maximum absolute atomic E-state index is 11.5. The number of carbonyl (C=O) groups is 1. The molecule has 0 fully saturated rings. The van der Waals surface area contributed by atoms with Gasteiger partial charge in [0.05, 0.1) is 12.2 Å². The maximum Gasteiger partial charge on any atom is 0.251 e. The number of benzene rings is 1. The molecule has 1 heterocycles. The molecule has 0 aliphatic carbocycles. The van der Waals surface area contributed by atoms with Gasteiger partial charge in [-0.1, -0.05) is 12.1 Å². The highest BCUT2D eigenvalue weighted by molar-refractivity contribution is 7.11. The predicted octanol–water partition coefficient (Wildman–Crippen LogP) is 1.98. The normalized spacial score (nSPS) is 11.2. The molecule has 0 radical (unpaired) electrons. The molecule has 1 amide bonds. The second kappa shape index (κ2) is 8.44. The van der Waals surface area contributed by atoms with Crippen LogP contribution in [0.15, 0.2) is 29.3 Å². The number of nitrogens with zero attached hydrogens (tertiary/aromatic N) is 2. The monoisotopic (exact) mass is 345 g/mol. The number of guanidine groups is 1. The number of hydrogen-bond donors (Lipinski definition) is 3. The number of aromatic nitrogens is 1. The number of aryl methyl sites for hydroxylation is 2. The van der Waals surface area contributed by atoms with Crippen LogP contribution in [-0.4, -0.2) is 30.9 Å². The first-order chi connectivity index (χ1) is 11.5. The number of hydrogen-bond acceptors (Lipinski definition) is 4. The van der Waals surface area contributed by atoms with Crippen LogP contribution >= 0.6 is 11.3 Å². The van der Waals surface area contributed by atoms with Gasteiger partial charge in [0.25, 0.3) is 5.91 Å². The van der Waals surface area contributed by atoms with Crippen LogP contribution in [0.3, 0.4) is 0 Å². The zero-order valence-electron chi connectivity index (χ0n) is 14.4. The van der Waals surface area contributed by atoms with Crippen LogP contribution in [-0.2, 0) is 13.1 Å². The van der Waals surface area contributed by atoms with Gasteiger partial charge in [-0.25, -0.2) is 4.98 Å². The lowest BCUT2D eigenvalue weighted by Crippen LogP contribution is -2.36. The lowest BCUT2D eigenvalue weighted by atomic mass is 10.1.